The summed E-state index contributed by atoms with van der Waals surface area (Å²) in [4.78, 5) is 23.9. The average Bonchev–Trinajstić information content (AvgIpc) is 2.92. The van der Waals surface area contributed by atoms with Crippen molar-refractivity contribution in [3.05, 3.63) is 39.9 Å². The minimum Gasteiger partial charge on any atom is -0.341 e. The van der Waals surface area contributed by atoms with Gasteiger partial charge in [0.25, 0.3) is 5.69 Å². The topological polar surface area (TPSA) is 75.5 Å². The summed E-state index contributed by atoms with van der Waals surface area (Å²) in [5.41, 5.74) is 0.845. The fourth-order valence-electron chi connectivity index (χ4n) is 2.21. The van der Waals surface area contributed by atoms with Crippen LogP contribution in [-0.4, -0.2) is 41.9 Å². The van der Waals surface area contributed by atoms with Crippen molar-refractivity contribution in [2.75, 3.05) is 20.1 Å². The number of carbonyl (C=O) groups excluding carboxylic acids is 1. The lowest BCUT2D eigenvalue weighted by molar-refractivity contribution is -0.384. The molecule has 6 heteroatoms. The normalized spacial score (nSPS) is 18.3. The Balaban J connectivity index is 1.96. The number of benzene rings is 1. The van der Waals surface area contributed by atoms with E-state index in [-0.39, 0.29) is 24.1 Å². The van der Waals surface area contributed by atoms with Gasteiger partial charge in [-0.3, -0.25) is 14.9 Å². The zero-order chi connectivity index (χ0) is 13.8. The van der Waals surface area contributed by atoms with E-state index in [1.54, 1.807) is 17.0 Å². The molecule has 0 spiro atoms. The molecule has 102 valence electrons. The molecule has 6 nitrogen and oxygen atoms in total. The fourth-order valence-corrected chi connectivity index (χ4v) is 2.21. The Morgan fingerprint density at radius 2 is 2.16 bits per heavy atom. The molecular formula is C13H17N3O3. The van der Waals surface area contributed by atoms with E-state index in [2.05, 4.69) is 5.32 Å². The molecule has 2 rings (SSSR count). The lowest BCUT2D eigenvalue weighted by Gasteiger charge is -2.23. The van der Waals surface area contributed by atoms with Crippen molar-refractivity contribution in [2.45, 2.75) is 18.9 Å². The quantitative estimate of drug-likeness (QED) is 0.648. The predicted molar refractivity (Wildman–Crippen MR) is 70.8 cm³/mol. The number of nitro groups is 1. The second-order valence-corrected chi connectivity index (χ2v) is 4.75. The van der Waals surface area contributed by atoms with E-state index in [4.69, 9.17) is 0 Å². The van der Waals surface area contributed by atoms with Crippen molar-refractivity contribution < 1.29 is 9.72 Å². The third-order valence-corrected chi connectivity index (χ3v) is 3.48. The van der Waals surface area contributed by atoms with E-state index in [9.17, 15) is 14.9 Å². The molecule has 0 bridgehead atoms. The molecule has 1 saturated heterocycles. The van der Waals surface area contributed by atoms with E-state index >= 15 is 0 Å². The van der Waals surface area contributed by atoms with E-state index < -0.39 is 4.92 Å². The molecule has 1 atom stereocenters. The SMILES string of the molecule is CN(C(=O)Cc1ccc([N+](=O)[O-])cc1)C1CCNC1. The molecule has 19 heavy (non-hydrogen) atoms. The lowest BCUT2D eigenvalue weighted by Crippen LogP contribution is -2.39. The number of nitrogens with zero attached hydrogens (tertiary/aromatic N) is 2. The van der Waals surface area contributed by atoms with Crippen molar-refractivity contribution in [3.8, 4) is 0 Å². The van der Waals surface area contributed by atoms with E-state index in [0.29, 0.717) is 0 Å². The number of hydrogen-bond acceptors (Lipinski definition) is 4. The van der Waals surface area contributed by atoms with Crippen LogP contribution < -0.4 is 5.32 Å². The molecule has 1 aromatic rings. The van der Waals surface area contributed by atoms with Gasteiger partial charge in [-0.2, -0.15) is 0 Å². The summed E-state index contributed by atoms with van der Waals surface area (Å²) in [5, 5.41) is 13.8. The highest BCUT2D eigenvalue weighted by Crippen LogP contribution is 2.14. The molecule has 1 aliphatic rings. The number of rotatable bonds is 4. The van der Waals surface area contributed by atoms with Crippen molar-refractivity contribution in [3.63, 3.8) is 0 Å². The summed E-state index contributed by atoms with van der Waals surface area (Å²) in [6.45, 7) is 1.78. The monoisotopic (exact) mass is 263 g/mol. The minimum atomic E-state index is -0.443. The number of hydrogen-bond donors (Lipinski definition) is 1. The van der Waals surface area contributed by atoms with Crippen LogP contribution in [0.15, 0.2) is 24.3 Å². The number of amides is 1. The molecule has 0 aliphatic carbocycles. The van der Waals surface area contributed by atoms with Gasteiger partial charge < -0.3 is 10.2 Å². The Morgan fingerprint density at radius 3 is 2.68 bits per heavy atom. The maximum absolute atomic E-state index is 12.1. The Bertz CT molecular complexity index is 467. The van der Waals surface area contributed by atoms with Crippen LogP contribution in [0, 0.1) is 10.1 Å². The lowest BCUT2D eigenvalue weighted by atomic mass is 10.1. The summed E-state index contributed by atoms with van der Waals surface area (Å²) < 4.78 is 0. The zero-order valence-corrected chi connectivity index (χ0v) is 10.8. The van der Waals surface area contributed by atoms with Crippen molar-refractivity contribution in [1.82, 2.24) is 10.2 Å². The number of nitrogens with one attached hydrogen (secondary N) is 1. The first-order chi connectivity index (χ1) is 9.08. The molecule has 1 heterocycles. The molecule has 1 aliphatic heterocycles. The first-order valence-electron chi connectivity index (χ1n) is 6.27. The number of nitro benzene ring substituents is 1. The Kier molecular flexibility index (Phi) is 4.11. The Labute approximate surface area is 111 Å². The average molecular weight is 263 g/mol. The first-order valence-corrected chi connectivity index (χ1v) is 6.27. The summed E-state index contributed by atoms with van der Waals surface area (Å²) in [6.07, 6.45) is 1.26. The molecule has 1 aromatic carbocycles. The van der Waals surface area contributed by atoms with Gasteiger partial charge in [0.2, 0.25) is 5.91 Å². The van der Waals surface area contributed by atoms with Crippen LogP contribution in [0.1, 0.15) is 12.0 Å². The van der Waals surface area contributed by atoms with Gasteiger partial charge in [-0.05, 0) is 18.5 Å². The van der Waals surface area contributed by atoms with Crippen LogP contribution in [0.3, 0.4) is 0 Å². The van der Waals surface area contributed by atoms with E-state index in [1.165, 1.54) is 12.1 Å². The zero-order valence-electron chi connectivity index (χ0n) is 10.8. The van der Waals surface area contributed by atoms with Crippen molar-refractivity contribution in [2.24, 2.45) is 0 Å². The van der Waals surface area contributed by atoms with Crippen LogP contribution in [0.2, 0.25) is 0 Å². The summed E-state index contributed by atoms with van der Waals surface area (Å²) in [6, 6.07) is 6.39. The van der Waals surface area contributed by atoms with Crippen molar-refractivity contribution in [1.29, 1.82) is 0 Å². The van der Waals surface area contributed by atoms with Crippen LogP contribution in [0.5, 0.6) is 0 Å². The second kappa shape index (κ2) is 5.79. The third-order valence-electron chi connectivity index (χ3n) is 3.48. The fraction of sp³-hybridized carbons (Fsp3) is 0.462. The highest BCUT2D eigenvalue weighted by molar-refractivity contribution is 5.79. The predicted octanol–water partition coefficient (Wildman–Crippen LogP) is 0.958. The van der Waals surface area contributed by atoms with Crippen molar-refractivity contribution >= 4 is 11.6 Å². The largest absolute Gasteiger partial charge is 0.341 e. The molecule has 1 unspecified atom stereocenters. The highest BCUT2D eigenvalue weighted by Gasteiger charge is 2.23. The molecular weight excluding hydrogens is 246 g/mol. The van der Waals surface area contributed by atoms with Gasteiger partial charge in [-0.1, -0.05) is 12.1 Å². The molecule has 0 radical (unpaired) electrons. The Morgan fingerprint density at radius 1 is 1.47 bits per heavy atom. The van der Waals surface area contributed by atoms with Crippen LogP contribution >= 0.6 is 0 Å². The molecule has 1 fully saturated rings. The summed E-state index contributed by atoms with van der Waals surface area (Å²) in [7, 11) is 1.81. The molecule has 1 N–H and O–H groups in total. The van der Waals surface area contributed by atoms with Gasteiger partial charge in [0, 0.05) is 31.8 Å². The first kappa shape index (κ1) is 13.5. The third kappa shape index (κ3) is 3.29. The smallest absolute Gasteiger partial charge is 0.269 e. The van der Waals surface area contributed by atoms with Gasteiger partial charge in [-0.15, -0.1) is 0 Å². The van der Waals surface area contributed by atoms with Gasteiger partial charge in [0.05, 0.1) is 11.3 Å². The summed E-state index contributed by atoms with van der Waals surface area (Å²) >= 11 is 0. The Hall–Kier alpha value is -1.95. The van der Waals surface area contributed by atoms with E-state index in [0.717, 1.165) is 25.1 Å². The van der Waals surface area contributed by atoms with Crippen LogP contribution in [-0.2, 0) is 11.2 Å². The standard InChI is InChI=1S/C13H17N3O3/c1-15(12-6-7-14-9-12)13(17)8-10-2-4-11(5-3-10)16(18)19/h2-5,12,14H,6-9H2,1H3. The molecule has 1 amide bonds. The number of carbonyl (C=O) groups is 1. The van der Waals surface area contributed by atoms with Gasteiger partial charge in [-0.25, -0.2) is 0 Å². The second-order valence-electron chi connectivity index (χ2n) is 4.75. The molecule has 0 saturated carbocycles. The maximum Gasteiger partial charge on any atom is 0.269 e. The van der Waals surface area contributed by atoms with Crippen LogP contribution in [0.4, 0.5) is 5.69 Å². The van der Waals surface area contributed by atoms with Crippen LogP contribution in [0.25, 0.3) is 0 Å². The van der Waals surface area contributed by atoms with E-state index in [1.807, 2.05) is 7.05 Å². The number of likely N-dealkylation sites (N-methyl/N-ethyl adjacent to an activating group) is 1. The van der Waals surface area contributed by atoms with Gasteiger partial charge >= 0.3 is 0 Å². The van der Waals surface area contributed by atoms with Gasteiger partial charge in [0.15, 0.2) is 0 Å². The van der Waals surface area contributed by atoms with Gasteiger partial charge in [0.1, 0.15) is 0 Å². The number of non-ortho nitro benzene ring substituents is 1. The highest BCUT2D eigenvalue weighted by atomic mass is 16.6. The maximum atomic E-state index is 12.1. The minimum absolute atomic E-state index is 0.0440. The molecule has 0 aromatic heterocycles. The summed E-state index contributed by atoms with van der Waals surface area (Å²) in [5.74, 6) is 0.0440.